The van der Waals surface area contributed by atoms with E-state index in [1.165, 1.54) is 16.7 Å². The third-order valence-corrected chi connectivity index (χ3v) is 4.10. The van der Waals surface area contributed by atoms with Crippen LogP contribution in [0.3, 0.4) is 0 Å². The van der Waals surface area contributed by atoms with Gasteiger partial charge in [-0.2, -0.15) is 0 Å². The highest BCUT2D eigenvalue weighted by molar-refractivity contribution is 5.73. The molecule has 0 aromatic heterocycles. The van der Waals surface area contributed by atoms with Crippen LogP contribution in [0, 0.1) is 5.41 Å². The molecule has 2 aliphatic rings. The summed E-state index contributed by atoms with van der Waals surface area (Å²) in [6, 6.07) is 6.39. The van der Waals surface area contributed by atoms with Gasteiger partial charge in [-0.25, -0.2) is 0 Å². The lowest BCUT2D eigenvalue weighted by atomic mass is 9.74. The molecule has 0 saturated heterocycles. The lowest BCUT2D eigenvalue weighted by Crippen LogP contribution is -2.24. The van der Waals surface area contributed by atoms with Crippen molar-refractivity contribution in [2.24, 2.45) is 5.41 Å². The number of hydrogen-bond donors (Lipinski definition) is 1. The summed E-state index contributed by atoms with van der Waals surface area (Å²) in [5, 5.41) is 10.1. The summed E-state index contributed by atoms with van der Waals surface area (Å²) in [4.78, 5) is 0. The minimum Gasteiger partial charge on any atom is -0.493 e. The van der Waals surface area contributed by atoms with Crippen LogP contribution in [0.25, 0.3) is 5.57 Å². The predicted octanol–water partition coefficient (Wildman–Crippen LogP) is 3.58. The van der Waals surface area contributed by atoms with E-state index in [0.717, 1.165) is 38.0 Å². The van der Waals surface area contributed by atoms with Crippen LogP contribution in [0.15, 0.2) is 24.3 Å². The lowest BCUT2D eigenvalue weighted by Gasteiger charge is -2.33. The number of aliphatic hydroxyl groups excluding tert-OH is 1. The molecular weight excluding hydrogens is 236 g/mol. The first-order valence-corrected chi connectivity index (χ1v) is 7.19. The molecule has 1 aliphatic carbocycles. The van der Waals surface area contributed by atoms with Crippen molar-refractivity contribution in [2.75, 3.05) is 6.61 Å². The fourth-order valence-electron chi connectivity index (χ4n) is 3.33. The standard InChI is InChI=1S/C17H22O2/c1-17(2)10-13(9-14(18)11-17)15-7-3-5-12-6-4-8-19-16(12)15/h3,5,7,9,14,18H,4,6,8,10-11H2,1-2H3. The second-order valence-corrected chi connectivity index (χ2v) is 6.55. The Morgan fingerprint density at radius 1 is 1.32 bits per heavy atom. The number of hydrogen-bond acceptors (Lipinski definition) is 2. The van der Waals surface area contributed by atoms with E-state index in [-0.39, 0.29) is 11.5 Å². The van der Waals surface area contributed by atoms with Gasteiger partial charge in [0.25, 0.3) is 0 Å². The first-order chi connectivity index (χ1) is 9.05. The molecule has 0 fully saturated rings. The number of fused-ring (bicyclic) bond motifs is 1. The molecule has 3 rings (SSSR count). The normalized spacial score (nSPS) is 25.2. The van der Waals surface area contributed by atoms with Gasteiger partial charge in [0.15, 0.2) is 0 Å². The van der Waals surface area contributed by atoms with E-state index in [9.17, 15) is 5.11 Å². The van der Waals surface area contributed by atoms with Gasteiger partial charge >= 0.3 is 0 Å². The van der Waals surface area contributed by atoms with Gasteiger partial charge in [-0.15, -0.1) is 0 Å². The Hall–Kier alpha value is -1.28. The van der Waals surface area contributed by atoms with Gasteiger partial charge in [-0.1, -0.05) is 38.1 Å². The van der Waals surface area contributed by atoms with Crippen LogP contribution in [0.2, 0.25) is 0 Å². The van der Waals surface area contributed by atoms with Crippen LogP contribution in [0.5, 0.6) is 5.75 Å². The van der Waals surface area contributed by atoms with E-state index in [1.54, 1.807) is 0 Å². The van der Waals surface area contributed by atoms with Gasteiger partial charge in [0.1, 0.15) is 5.75 Å². The molecule has 1 aromatic carbocycles. The van der Waals surface area contributed by atoms with E-state index in [0.29, 0.717) is 0 Å². The summed E-state index contributed by atoms with van der Waals surface area (Å²) in [7, 11) is 0. The number of rotatable bonds is 1. The minimum atomic E-state index is -0.335. The Morgan fingerprint density at radius 2 is 2.16 bits per heavy atom. The zero-order valence-electron chi connectivity index (χ0n) is 11.8. The van der Waals surface area contributed by atoms with Crippen LogP contribution >= 0.6 is 0 Å². The van der Waals surface area contributed by atoms with Crippen LogP contribution in [-0.4, -0.2) is 17.8 Å². The average Bonchev–Trinajstić information content (AvgIpc) is 2.35. The first kappa shape index (κ1) is 12.7. The predicted molar refractivity (Wildman–Crippen MR) is 77.3 cm³/mol. The Bertz CT molecular complexity index is 514. The Morgan fingerprint density at radius 3 is 2.95 bits per heavy atom. The number of benzene rings is 1. The maximum atomic E-state index is 10.1. The van der Waals surface area contributed by atoms with Crippen molar-refractivity contribution in [1.29, 1.82) is 0 Å². The summed E-state index contributed by atoms with van der Waals surface area (Å²) in [5.41, 5.74) is 3.88. The summed E-state index contributed by atoms with van der Waals surface area (Å²) in [6.45, 7) is 5.25. The van der Waals surface area contributed by atoms with E-state index in [4.69, 9.17) is 4.74 Å². The largest absolute Gasteiger partial charge is 0.493 e. The van der Waals surface area contributed by atoms with Crippen molar-refractivity contribution < 1.29 is 9.84 Å². The molecule has 1 heterocycles. The van der Waals surface area contributed by atoms with Gasteiger partial charge < -0.3 is 9.84 Å². The van der Waals surface area contributed by atoms with Crippen molar-refractivity contribution in [2.45, 2.75) is 45.6 Å². The molecule has 0 bridgehead atoms. The van der Waals surface area contributed by atoms with Gasteiger partial charge in [-0.3, -0.25) is 0 Å². The zero-order chi connectivity index (χ0) is 13.5. The summed E-state index contributed by atoms with van der Waals surface area (Å²) in [5.74, 6) is 1.05. The molecule has 0 amide bonds. The van der Waals surface area contributed by atoms with Crippen molar-refractivity contribution in [1.82, 2.24) is 0 Å². The van der Waals surface area contributed by atoms with Crippen molar-refractivity contribution in [3.8, 4) is 5.75 Å². The molecule has 1 aliphatic heterocycles. The number of para-hydroxylation sites is 1. The van der Waals surface area contributed by atoms with Gasteiger partial charge in [0.2, 0.25) is 0 Å². The van der Waals surface area contributed by atoms with Crippen molar-refractivity contribution >= 4 is 5.57 Å². The van der Waals surface area contributed by atoms with E-state index in [2.05, 4.69) is 32.0 Å². The third kappa shape index (κ3) is 2.55. The second-order valence-electron chi connectivity index (χ2n) is 6.55. The smallest absolute Gasteiger partial charge is 0.129 e. The molecule has 0 saturated carbocycles. The molecular formula is C17H22O2. The van der Waals surface area contributed by atoms with Crippen molar-refractivity contribution in [3.63, 3.8) is 0 Å². The number of allylic oxidation sites excluding steroid dienone is 1. The van der Waals surface area contributed by atoms with Gasteiger partial charge in [-0.05, 0) is 42.2 Å². The number of aliphatic hydroxyl groups is 1. The Kier molecular flexibility index (Phi) is 3.14. The summed E-state index contributed by atoms with van der Waals surface area (Å²) in [6.07, 6.45) is 5.72. The maximum absolute atomic E-state index is 10.1. The molecule has 1 unspecified atom stereocenters. The first-order valence-electron chi connectivity index (χ1n) is 7.19. The van der Waals surface area contributed by atoms with Crippen molar-refractivity contribution in [3.05, 3.63) is 35.4 Å². The molecule has 0 radical (unpaired) electrons. The van der Waals surface area contributed by atoms with E-state index < -0.39 is 0 Å². The van der Waals surface area contributed by atoms with E-state index in [1.807, 2.05) is 6.08 Å². The number of aryl methyl sites for hydroxylation is 1. The molecule has 2 heteroatoms. The SMILES string of the molecule is CC1(C)CC(c2cccc3c2OCCC3)=CC(O)C1. The summed E-state index contributed by atoms with van der Waals surface area (Å²) >= 11 is 0. The molecule has 1 aromatic rings. The van der Waals surface area contributed by atoms with Gasteiger partial charge in [0, 0.05) is 5.56 Å². The number of ether oxygens (including phenoxy) is 1. The fourth-order valence-corrected chi connectivity index (χ4v) is 3.33. The molecule has 102 valence electrons. The minimum absolute atomic E-state index is 0.154. The molecule has 2 nitrogen and oxygen atoms in total. The molecule has 19 heavy (non-hydrogen) atoms. The fraction of sp³-hybridized carbons (Fsp3) is 0.529. The summed E-state index contributed by atoms with van der Waals surface area (Å²) < 4.78 is 5.89. The second kappa shape index (κ2) is 4.68. The van der Waals surface area contributed by atoms with Crippen LogP contribution in [0.4, 0.5) is 0 Å². The highest BCUT2D eigenvalue weighted by atomic mass is 16.5. The molecule has 0 spiro atoms. The topological polar surface area (TPSA) is 29.5 Å². The van der Waals surface area contributed by atoms with Crippen LogP contribution < -0.4 is 4.74 Å². The van der Waals surface area contributed by atoms with Gasteiger partial charge in [0.05, 0.1) is 12.7 Å². The van der Waals surface area contributed by atoms with Crippen LogP contribution in [-0.2, 0) is 6.42 Å². The quantitative estimate of drug-likeness (QED) is 0.834. The highest BCUT2D eigenvalue weighted by Crippen LogP contribution is 2.43. The third-order valence-electron chi connectivity index (χ3n) is 4.10. The average molecular weight is 258 g/mol. The highest BCUT2D eigenvalue weighted by Gasteiger charge is 2.30. The Labute approximate surface area is 115 Å². The molecule has 1 N–H and O–H groups in total. The zero-order valence-corrected chi connectivity index (χ0v) is 11.8. The maximum Gasteiger partial charge on any atom is 0.129 e. The lowest BCUT2D eigenvalue weighted by molar-refractivity contribution is 0.146. The Balaban J connectivity index is 2.03. The van der Waals surface area contributed by atoms with E-state index >= 15 is 0 Å². The molecule has 1 atom stereocenters. The monoisotopic (exact) mass is 258 g/mol. The van der Waals surface area contributed by atoms with Crippen LogP contribution in [0.1, 0.15) is 44.2 Å².